The maximum Gasteiger partial charge on any atom is 0.304 e. The maximum atomic E-state index is 12.6. The fraction of sp³-hybridized carbons (Fsp3) is 0.300. The Kier molecular flexibility index (Phi) is 6.17. The molecule has 0 aliphatic carbocycles. The summed E-state index contributed by atoms with van der Waals surface area (Å²) in [5.41, 5.74) is 3.77. The lowest BCUT2D eigenvalue weighted by atomic mass is 9.93. The van der Waals surface area contributed by atoms with E-state index in [1.54, 1.807) is 31.4 Å². The Bertz CT molecular complexity index is 733. The molecule has 5 nitrogen and oxygen atoms in total. The van der Waals surface area contributed by atoms with Crippen molar-refractivity contribution >= 4 is 17.6 Å². The summed E-state index contributed by atoms with van der Waals surface area (Å²) in [7, 11) is 1.57. The Morgan fingerprint density at radius 2 is 1.68 bits per heavy atom. The highest BCUT2D eigenvalue weighted by Crippen LogP contribution is 2.20. The van der Waals surface area contributed by atoms with E-state index < -0.39 is 11.9 Å². The fourth-order valence-corrected chi connectivity index (χ4v) is 2.86. The van der Waals surface area contributed by atoms with Gasteiger partial charge in [0.2, 0.25) is 5.91 Å². The van der Waals surface area contributed by atoms with Crippen molar-refractivity contribution in [2.24, 2.45) is 5.92 Å². The summed E-state index contributed by atoms with van der Waals surface area (Å²) < 4.78 is 5.09. The Morgan fingerprint density at radius 3 is 2.20 bits per heavy atom. The van der Waals surface area contributed by atoms with Gasteiger partial charge < -0.3 is 15.2 Å². The van der Waals surface area contributed by atoms with E-state index in [1.807, 2.05) is 32.0 Å². The molecule has 2 rings (SSSR count). The van der Waals surface area contributed by atoms with Gasteiger partial charge in [0, 0.05) is 5.69 Å². The number of anilines is 1. The van der Waals surface area contributed by atoms with Gasteiger partial charge >= 0.3 is 5.97 Å². The monoisotopic (exact) mass is 341 g/mol. The number of hydrogen-bond acceptors (Lipinski definition) is 3. The average Bonchev–Trinajstić information content (AvgIpc) is 2.53. The summed E-state index contributed by atoms with van der Waals surface area (Å²) in [6, 6.07) is 13.0. The van der Waals surface area contributed by atoms with Crippen LogP contribution in [0.1, 0.15) is 23.1 Å². The lowest BCUT2D eigenvalue weighted by Gasteiger charge is -2.16. The first kappa shape index (κ1) is 18.5. The van der Waals surface area contributed by atoms with Crippen LogP contribution in [0.25, 0.3) is 0 Å². The number of carboxylic acids is 1. The molecule has 1 unspecified atom stereocenters. The van der Waals surface area contributed by atoms with E-state index in [4.69, 9.17) is 9.84 Å². The molecule has 132 valence electrons. The molecule has 2 N–H and O–H groups in total. The number of benzene rings is 2. The van der Waals surface area contributed by atoms with Crippen LogP contribution in [-0.2, 0) is 16.0 Å². The van der Waals surface area contributed by atoms with Gasteiger partial charge in [-0.25, -0.2) is 0 Å². The molecule has 0 aliphatic rings. The second-order valence-corrected chi connectivity index (χ2v) is 6.21. The minimum absolute atomic E-state index is 0.213. The molecule has 0 bridgehead atoms. The number of hydrogen-bond donors (Lipinski definition) is 2. The predicted octanol–water partition coefficient (Wildman–Crippen LogP) is 3.58. The zero-order valence-electron chi connectivity index (χ0n) is 14.7. The van der Waals surface area contributed by atoms with Gasteiger partial charge in [-0.05, 0) is 50.1 Å². The molecule has 1 amide bonds. The van der Waals surface area contributed by atoms with Gasteiger partial charge in [-0.1, -0.05) is 29.3 Å². The molecule has 2 aromatic carbocycles. The predicted molar refractivity (Wildman–Crippen MR) is 97.0 cm³/mol. The number of methoxy groups -OCH3 is 1. The van der Waals surface area contributed by atoms with Crippen molar-refractivity contribution in [1.82, 2.24) is 0 Å². The first-order valence-corrected chi connectivity index (χ1v) is 8.11. The van der Waals surface area contributed by atoms with Crippen molar-refractivity contribution in [3.8, 4) is 5.75 Å². The molecular formula is C20H23NO4. The second kappa shape index (κ2) is 8.33. The van der Waals surface area contributed by atoms with Crippen LogP contribution in [0.4, 0.5) is 5.69 Å². The zero-order chi connectivity index (χ0) is 18.4. The Balaban J connectivity index is 2.14. The van der Waals surface area contributed by atoms with E-state index in [9.17, 15) is 9.59 Å². The highest BCUT2D eigenvalue weighted by Gasteiger charge is 2.22. The number of carboxylic acid groups (broad SMARTS) is 1. The van der Waals surface area contributed by atoms with Crippen LogP contribution in [0.3, 0.4) is 0 Å². The highest BCUT2D eigenvalue weighted by atomic mass is 16.5. The summed E-state index contributed by atoms with van der Waals surface area (Å²) in [6.07, 6.45) is 0.172. The SMILES string of the molecule is COc1ccc(NC(=O)C(CC(=O)O)Cc2cc(C)cc(C)c2)cc1. The molecule has 0 aliphatic heterocycles. The van der Waals surface area contributed by atoms with Gasteiger partial charge in [0.1, 0.15) is 5.75 Å². The van der Waals surface area contributed by atoms with Crippen LogP contribution in [0.15, 0.2) is 42.5 Å². The topological polar surface area (TPSA) is 75.6 Å². The molecule has 0 saturated carbocycles. The number of amides is 1. The number of carbonyl (C=O) groups excluding carboxylic acids is 1. The van der Waals surface area contributed by atoms with Crippen molar-refractivity contribution in [1.29, 1.82) is 0 Å². The molecule has 0 spiro atoms. The largest absolute Gasteiger partial charge is 0.497 e. The van der Waals surface area contributed by atoms with E-state index in [0.717, 1.165) is 16.7 Å². The summed E-state index contributed by atoms with van der Waals surface area (Å²) in [5.74, 6) is -1.23. The van der Waals surface area contributed by atoms with Crippen molar-refractivity contribution in [3.05, 3.63) is 59.2 Å². The molecule has 5 heteroatoms. The van der Waals surface area contributed by atoms with Gasteiger partial charge in [-0.2, -0.15) is 0 Å². The number of aliphatic carboxylic acids is 1. The second-order valence-electron chi connectivity index (χ2n) is 6.21. The van der Waals surface area contributed by atoms with E-state index in [0.29, 0.717) is 17.9 Å². The third kappa shape index (κ3) is 5.64. The summed E-state index contributed by atoms with van der Waals surface area (Å²) in [5, 5.41) is 11.9. The Labute approximate surface area is 147 Å². The van der Waals surface area contributed by atoms with Crippen molar-refractivity contribution in [3.63, 3.8) is 0 Å². The molecule has 25 heavy (non-hydrogen) atoms. The molecule has 0 heterocycles. The molecule has 0 fully saturated rings. The fourth-order valence-electron chi connectivity index (χ4n) is 2.86. The van der Waals surface area contributed by atoms with Gasteiger partial charge in [-0.3, -0.25) is 9.59 Å². The summed E-state index contributed by atoms with van der Waals surface area (Å²) >= 11 is 0. The molecule has 0 radical (unpaired) electrons. The molecule has 1 atom stereocenters. The highest BCUT2D eigenvalue weighted by molar-refractivity contribution is 5.94. The molecule has 0 aromatic heterocycles. The van der Waals surface area contributed by atoms with E-state index in [2.05, 4.69) is 5.32 Å². The van der Waals surface area contributed by atoms with Gasteiger partial charge in [0.05, 0.1) is 19.4 Å². The van der Waals surface area contributed by atoms with Gasteiger partial charge in [-0.15, -0.1) is 0 Å². The van der Waals surface area contributed by atoms with Crippen LogP contribution in [0.5, 0.6) is 5.75 Å². The van der Waals surface area contributed by atoms with Crippen molar-refractivity contribution in [2.45, 2.75) is 26.7 Å². The van der Waals surface area contributed by atoms with Crippen LogP contribution in [0, 0.1) is 19.8 Å². The number of nitrogens with one attached hydrogen (secondary N) is 1. The van der Waals surface area contributed by atoms with Crippen molar-refractivity contribution < 1.29 is 19.4 Å². The lowest BCUT2D eigenvalue weighted by Crippen LogP contribution is -2.27. The van der Waals surface area contributed by atoms with Crippen molar-refractivity contribution in [2.75, 3.05) is 12.4 Å². The third-order valence-electron chi connectivity index (χ3n) is 3.91. The minimum Gasteiger partial charge on any atom is -0.497 e. The quantitative estimate of drug-likeness (QED) is 0.807. The van der Waals surface area contributed by atoms with Crippen LogP contribution in [0.2, 0.25) is 0 Å². The normalized spacial score (nSPS) is 11.6. The summed E-state index contributed by atoms with van der Waals surface area (Å²) in [6.45, 7) is 3.97. The van der Waals surface area contributed by atoms with Gasteiger partial charge in [0.25, 0.3) is 0 Å². The lowest BCUT2D eigenvalue weighted by molar-refractivity contribution is -0.140. The first-order valence-electron chi connectivity index (χ1n) is 8.11. The number of aryl methyl sites for hydroxylation is 2. The van der Waals surface area contributed by atoms with E-state index in [-0.39, 0.29) is 12.3 Å². The smallest absolute Gasteiger partial charge is 0.304 e. The van der Waals surface area contributed by atoms with E-state index >= 15 is 0 Å². The van der Waals surface area contributed by atoms with E-state index in [1.165, 1.54) is 0 Å². The minimum atomic E-state index is -0.987. The standard InChI is InChI=1S/C20H23NO4/c1-13-8-14(2)10-15(9-13)11-16(12-19(22)23)20(24)21-17-4-6-18(25-3)7-5-17/h4-10,16H,11-12H2,1-3H3,(H,21,24)(H,22,23). The van der Waals surface area contributed by atoms with Gasteiger partial charge in [0.15, 0.2) is 0 Å². The molecule has 0 saturated heterocycles. The maximum absolute atomic E-state index is 12.6. The molecular weight excluding hydrogens is 318 g/mol. The number of ether oxygens (including phenoxy) is 1. The molecule has 2 aromatic rings. The Hall–Kier alpha value is -2.82. The van der Waals surface area contributed by atoms with Crippen LogP contribution in [-0.4, -0.2) is 24.1 Å². The summed E-state index contributed by atoms with van der Waals surface area (Å²) in [4.78, 5) is 23.7. The number of carbonyl (C=O) groups is 2. The third-order valence-corrected chi connectivity index (χ3v) is 3.91. The van der Waals surface area contributed by atoms with Crippen LogP contribution >= 0.6 is 0 Å². The Morgan fingerprint density at radius 1 is 1.08 bits per heavy atom. The first-order chi connectivity index (χ1) is 11.9. The van der Waals surface area contributed by atoms with Crippen LogP contribution < -0.4 is 10.1 Å². The average molecular weight is 341 g/mol. The number of rotatable bonds is 7. The zero-order valence-corrected chi connectivity index (χ0v) is 14.7.